The number of hydrogen-bond acceptors (Lipinski definition) is 4. The summed E-state index contributed by atoms with van der Waals surface area (Å²) < 4.78 is 7.01. The van der Waals surface area contributed by atoms with Crippen molar-refractivity contribution in [3.8, 4) is 22.6 Å². The number of methoxy groups -OCH3 is 1. The number of anilines is 1. The van der Waals surface area contributed by atoms with E-state index < -0.39 is 0 Å². The molecule has 0 saturated heterocycles. The molecule has 2 amide bonds. The zero-order valence-corrected chi connectivity index (χ0v) is 20.8. The number of benzene rings is 3. The van der Waals surface area contributed by atoms with E-state index in [-0.39, 0.29) is 18.4 Å². The zero-order valence-electron chi connectivity index (χ0n) is 20.8. The van der Waals surface area contributed by atoms with E-state index in [0.717, 1.165) is 34.7 Å². The van der Waals surface area contributed by atoms with Gasteiger partial charge in [0.1, 0.15) is 18.1 Å². The van der Waals surface area contributed by atoms with Crippen LogP contribution < -0.4 is 10.1 Å². The smallest absolute Gasteiger partial charge is 0.254 e. The van der Waals surface area contributed by atoms with E-state index in [2.05, 4.69) is 5.32 Å². The highest BCUT2D eigenvalue weighted by atomic mass is 16.5. The van der Waals surface area contributed by atoms with Crippen molar-refractivity contribution >= 4 is 17.6 Å². The minimum absolute atomic E-state index is 0.0668. The molecule has 0 bridgehead atoms. The van der Waals surface area contributed by atoms with E-state index in [1.165, 1.54) is 0 Å². The summed E-state index contributed by atoms with van der Waals surface area (Å²) in [5, 5.41) is 7.80. The van der Waals surface area contributed by atoms with E-state index in [1.807, 2.05) is 86.6 Å². The van der Waals surface area contributed by atoms with Gasteiger partial charge in [0.25, 0.3) is 5.91 Å². The van der Waals surface area contributed by atoms with Gasteiger partial charge in [-0.1, -0.05) is 55.5 Å². The lowest BCUT2D eigenvalue weighted by Gasteiger charge is -2.22. The number of nitrogens with one attached hydrogen (secondary N) is 1. The lowest BCUT2D eigenvalue weighted by molar-refractivity contribution is -0.116. The predicted molar refractivity (Wildman–Crippen MR) is 142 cm³/mol. The van der Waals surface area contributed by atoms with Gasteiger partial charge in [0.05, 0.1) is 18.5 Å². The Labute approximate surface area is 211 Å². The highest BCUT2D eigenvalue weighted by molar-refractivity contribution is 6.01. The zero-order chi connectivity index (χ0) is 25.5. The lowest BCUT2D eigenvalue weighted by atomic mass is 10.1. The Morgan fingerprint density at radius 2 is 1.58 bits per heavy atom. The summed E-state index contributed by atoms with van der Waals surface area (Å²) in [7, 11) is 1.62. The summed E-state index contributed by atoms with van der Waals surface area (Å²) in [6, 6.07) is 26.3. The monoisotopic (exact) mass is 482 g/mol. The quantitative estimate of drug-likeness (QED) is 0.349. The third-order valence-electron chi connectivity index (χ3n) is 5.83. The van der Waals surface area contributed by atoms with Crippen LogP contribution in [0.1, 0.15) is 29.4 Å². The Balaban J connectivity index is 1.68. The standard InChI is InChI=1S/C29H30N4O3/c1-4-19-32(29(35)23-13-9-6-10-14-23)20-26(34)30-28-27(22-11-7-5-8-12-22)21(2)31-33(28)24-15-17-25(36-3)18-16-24/h5-18H,4,19-20H2,1-3H3,(H,30,34). The Bertz CT molecular complexity index is 1320. The van der Waals surface area contributed by atoms with Gasteiger partial charge in [-0.15, -0.1) is 0 Å². The molecule has 0 unspecified atom stereocenters. The highest BCUT2D eigenvalue weighted by Gasteiger charge is 2.23. The molecular formula is C29H30N4O3. The Kier molecular flexibility index (Phi) is 7.80. The first-order valence-corrected chi connectivity index (χ1v) is 12.0. The molecule has 0 aliphatic carbocycles. The van der Waals surface area contributed by atoms with Crippen LogP contribution in [0.3, 0.4) is 0 Å². The third-order valence-corrected chi connectivity index (χ3v) is 5.83. The predicted octanol–water partition coefficient (Wildman–Crippen LogP) is 5.35. The van der Waals surface area contributed by atoms with Crippen LogP contribution in [0.25, 0.3) is 16.8 Å². The van der Waals surface area contributed by atoms with Gasteiger partial charge in [-0.2, -0.15) is 5.10 Å². The number of hydrogen-bond donors (Lipinski definition) is 1. The van der Waals surface area contributed by atoms with Crippen molar-refractivity contribution in [1.29, 1.82) is 0 Å². The fourth-order valence-corrected chi connectivity index (χ4v) is 4.13. The molecule has 7 nitrogen and oxygen atoms in total. The molecule has 0 spiro atoms. The molecule has 0 atom stereocenters. The van der Waals surface area contributed by atoms with Crippen LogP contribution in [0.4, 0.5) is 5.82 Å². The maximum absolute atomic E-state index is 13.3. The normalized spacial score (nSPS) is 10.6. The van der Waals surface area contributed by atoms with Crippen LogP contribution >= 0.6 is 0 Å². The van der Waals surface area contributed by atoms with Gasteiger partial charge in [0.2, 0.25) is 5.91 Å². The molecule has 1 heterocycles. The van der Waals surface area contributed by atoms with Crippen molar-refractivity contribution in [2.24, 2.45) is 0 Å². The average Bonchev–Trinajstić information content (AvgIpc) is 3.24. The van der Waals surface area contributed by atoms with E-state index in [4.69, 9.17) is 9.84 Å². The van der Waals surface area contributed by atoms with E-state index in [0.29, 0.717) is 17.9 Å². The number of aromatic nitrogens is 2. The van der Waals surface area contributed by atoms with Crippen molar-refractivity contribution in [1.82, 2.24) is 14.7 Å². The van der Waals surface area contributed by atoms with Crippen LogP contribution in [0.5, 0.6) is 5.75 Å². The first kappa shape index (κ1) is 24.7. The first-order valence-electron chi connectivity index (χ1n) is 12.0. The van der Waals surface area contributed by atoms with E-state index in [1.54, 1.807) is 28.8 Å². The van der Waals surface area contributed by atoms with Gasteiger partial charge in [-0.05, 0) is 55.3 Å². The second kappa shape index (κ2) is 11.4. The number of ether oxygens (including phenoxy) is 1. The van der Waals surface area contributed by atoms with E-state index >= 15 is 0 Å². The highest BCUT2D eigenvalue weighted by Crippen LogP contribution is 2.33. The van der Waals surface area contributed by atoms with Gasteiger partial charge in [-0.3, -0.25) is 9.59 Å². The van der Waals surface area contributed by atoms with Crippen LogP contribution in [0, 0.1) is 6.92 Å². The van der Waals surface area contributed by atoms with Crippen LogP contribution in [0.2, 0.25) is 0 Å². The molecule has 0 aliphatic heterocycles. The summed E-state index contributed by atoms with van der Waals surface area (Å²) >= 11 is 0. The molecule has 184 valence electrons. The van der Waals surface area contributed by atoms with Crippen LogP contribution in [-0.4, -0.2) is 46.7 Å². The summed E-state index contributed by atoms with van der Waals surface area (Å²) in [5.74, 6) is 0.818. The number of amides is 2. The summed E-state index contributed by atoms with van der Waals surface area (Å²) in [5.41, 5.74) is 3.88. The van der Waals surface area contributed by atoms with Gasteiger partial charge in [0, 0.05) is 17.7 Å². The summed E-state index contributed by atoms with van der Waals surface area (Å²) in [6.07, 6.45) is 0.740. The van der Waals surface area contributed by atoms with Crippen LogP contribution in [-0.2, 0) is 4.79 Å². The SMILES string of the molecule is CCCN(CC(=O)Nc1c(-c2ccccc2)c(C)nn1-c1ccc(OC)cc1)C(=O)c1ccccc1. The summed E-state index contributed by atoms with van der Waals surface area (Å²) in [4.78, 5) is 28.0. The van der Waals surface area contributed by atoms with Crippen molar-refractivity contribution in [2.75, 3.05) is 25.5 Å². The molecule has 4 rings (SSSR count). The second-order valence-electron chi connectivity index (χ2n) is 8.43. The van der Waals surface area contributed by atoms with Crippen molar-refractivity contribution in [3.05, 3.63) is 96.2 Å². The topological polar surface area (TPSA) is 76.5 Å². The van der Waals surface area contributed by atoms with Crippen molar-refractivity contribution in [3.63, 3.8) is 0 Å². The van der Waals surface area contributed by atoms with Crippen molar-refractivity contribution < 1.29 is 14.3 Å². The first-order chi connectivity index (χ1) is 17.5. The maximum Gasteiger partial charge on any atom is 0.254 e. The van der Waals surface area contributed by atoms with Gasteiger partial charge < -0.3 is 15.0 Å². The number of nitrogens with zero attached hydrogens (tertiary/aromatic N) is 3. The molecule has 0 saturated carbocycles. The fourth-order valence-electron chi connectivity index (χ4n) is 4.13. The molecule has 3 aromatic carbocycles. The molecule has 0 aliphatic rings. The molecule has 0 radical (unpaired) electrons. The Morgan fingerprint density at radius 1 is 0.944 bits per heavy atom. The second-order valence-corrected chi connectivity index (χ2v) is 8.43. The molecule has 1 N–H and O–H groups in total. The van der Waals surface area contributed by atoms with Gasteiger partial charge in [0.15, 0.2) is 0 Å². The van der Waals surface area contributed by atoms with Gasteiger partial charge in [-0.25, -0.2) is 4.68 Å². The Morgan fingerprint density at radius 3 is 2.19 bits per heavy atom. The molecule has 0 fully saturated rings. The van der Waals surface area contributed by atoms with Gasteiger partial charge >= 0.3 is 0 Å². The molecule has 4 aromatic rings. The number of carbonyl (C=O) groups excluding carboxylic acids is 2. The van der Waals surface area contributed by atoms with Crippen molar-refractivity contribution in [2.45, 2.75) is 20.3 Å². The lowest BCUT2D eigenvalue weighted by Crippen LogP contribution is -2.38. The molecular weight excluding hydrogens is 452 g/mol. The van der Waals surface area contributed by atoms with E-state index in [9.17, 15) is 9.59 Å². The minimum atomic E-state index is -0.292. The molecule has 36 heavy (non-hydrogen) atoms. The average molecular weight is 483 g/mol. The summed E-state index contributed by atoms with van der Waals surface area (Å²) in [6.45, 7) is 4.31. The minimum Gasteiger partial charge on any atom is -0.497 e. The maximum atomic E-state index is 13.3. The number of carbonyl (C=O) groups is 2. The third kappa shape index (κ3) is 5.46. The Hall–Kier alpha value is -4.39. The molecule has 7 heteroatoms. The fraction of sp³-hybridized carbons (Fsp3) is 0.207. The number of rotatable bonds is 9. The number of aryl methyl sites for hydroxylation is 1. The largest absolute Gasteiger partial charge is 0.497 e. The van der Waals surface area contributed by atoms with Crippen LogP contribution in [0.15, 0.2) is 84.9 Å². The molecule has 1 aromatic heterocycles.